The lowest BCUT2D eigenvalue weighted by Crippen LogP contribution is -2.31. The van der Waals surface area contributed by atoms with Crippen LogP contribution in [0.4, 0.5) is 0 Å². The maximum absolute atomic E-state index is 6.21. The minimum atomic E-state index is -0.192. The van der Waals surface area contributed by atoms with Crippen molar-refractivity contribution < 1.29 is 4.74 Å². The average Bonchev–Trinajstić information content (AvgIpc) is 2.46. The van der Waals surface area contributed by atoms with E-state index < -0.39 is 0 Å². The summed E-state index contributed by atoms with van der Waals surface area (Å²) >= 11 is 5.97. The Labute approximate surface area is 124 Å². The lowest BCUT2D eigenvalue weighted by molar-refractivity contribution is 0.170. The van der Waals surface area contributed by atoms with Gasteiger partial charge in [-0.2, -0.15) is 0 Å². The first-order valence-corrected chi connectivity index (χ1v) is 7.08. The molecular formula is C16H19ClN2O. The molecule has 20 heavy (non-hydrogen) atoms. The van der Waals surface area contributed by atoms with E-state index >= 15 is 0 Å². The van der Waals surface area contributed by atoms with E-state index in [9.17, 15) is 0 Å². The largest absolute Gasteiger partial charge is 0.484 e. The number of ether oxygens (including phenoxy) is 1. The van der Waals surface area contributed by atoms with Crippen molar-refractivity contribution in [2.24, 2.45) is 5.73 Å². The molecule has 3 nitrogen and oxygen atoms in total. The van der Waals surface area contributed by atoms with Crippen molar-refractivity contribution in [3.05, 3.63) is 58.9 Å². The standard InChI is InChI=1S/C16H19ClN2O/c1-3-14(18)16(12-6-8-19-9-7-12)20-15-5-4-13(17)10-11(15)2/h4-10,14,16H,3,18H2,1-2H3. The van der Waals surface area contributed by atoms with E-state index in [1.807, 2.05) is 37.3 Å². The molecule has 0 saturated carbocycles. The summed E-state index contributed by atoms with van der Waals surface area (Å²) in [4.78, 5) is 4.04. The first-order chi connectivity index (χ1) is 9.61. The number of rotatable bonds is 5. The first kappa shape index (κ1) is 14.8. The van der Waals surface area contributed by atoms with Crippen LogP contribution >= 0.6 is 11.6 Å². The van der Waals surface area contributed by atoms with Crippen molar-refractivity contribution in [2.45, 2.75) is 32.4 Å². The molecule has 1 aromatic heterocycles. The molecule has 2 unspecified atom stereocenters. The number of nitrogens with two attached hydrogens (primary N) is 1. The van der Waals surface area contributed by atoms with Crippen LogP contribution in [0.3, 0.4) is 0 Å². The Morgan fingerprint density at radius 3 is 2.55 bits per heavy atom. The van der Waals surface area contributed by atoms with E-state index in [-0.39, 0.29) is 12.1 Å². The molecule has 1 heterocycles. The van der Waals surface area contributed by atoms with E-state index in [0.717, 1.165) is 23.3 Å². The van der Waals surface area contributed by atoms with Gasteiger partial charge in [-0.05, 0) is 54.8 Å². The van der Waals surface area contributed by atoms with Crippen molar-refractivity contribution in [3.63, 3.8) is 0 Å². The minimum absolute atomic E-state index is 0.0764. The predicted octanol–water partition coefficient (Wildman–Crippen LogP) is 3.90. The summed E-state index contributed by atoms with van der Waals surface area (Å²) in [5.41, 5.74) is 8.24. The quantitative estimate of drug-likeness (QED) is 0.908. The molecule has 0 amide bonds. The van der Waals surface area contributed by atoms with Crippen LogP contribution in [-0.2, 0) is 0 Å². The Balaban J connectivity index is 2.29. The van der Waals surface area contributed by atoms with Gasteiger partial charge in [-0.25, -0.2) is 0 Å². The normalized spacial score (nSPS) is 13.8. The number of benzene rings is 1. The Kier molecular flexibility index (Phi) is 4.99. The zero-order valence-electron chi connectivity index (χ0n) is 11.7. The lowest BCUT2D eigenvalue weighted by Gasteiger charge is -2.25. The van der Waals surface area contributed by atoms with Crippen LogP contribution in [0, 0.1) is 6.92 Å². The van der Waals surface area contributed by atoms with E-state index in [0.29, 0.717) is 5.02 Å². The molecule has 4 heteroatoms. The predicted molar refractivity (Wildman–Crippen MR) is 82.1 cm³/mol. The molecule has 2 N–H and O–H groups in total. The fraction of sp³-hybridized carbons (Fsp3) is 0.312. The number of hydrogen-bond acceptors (Lipinski definition) is 3. The van der Waals surface area contributed by atoms with Gasteiger partial charge in [0.2, 0.25) is 0 Å². The van der Waals surface area contributed by atoms with Crippen LogP contribution in [0.5, 0.6) is 5.75 Å². The topological polar surface area (TPSA) is 48.1 Å². The van der Waals surface area contributed by atoms with Crippen molar-refractivity contribution in [1.29, 1.82) is 0 Å². The third-order valence-electron chi connectivity index (χ3n) is 3.29. The average molecular weight is 291 g/mol. The second-order valence-electron chi connectivity index (χ2n) is 4.80. The van der Waals surface area contributed by atoms with Crippen molar-refractivity contribution in [2.75, 3.05) is 0 Å². The van der Waals surface area contributed by atoms with Crippen LogP contribution in [-0.4, -0.2) is 11.0 Å². The Hall–Kier alpha value is -1.58. The zero-order valence-corrected chi connectivity index (χ0v) is 12.5. The summed E-state index contributed by atoms with van der Waals surface area (Å²) < 4.78 is 6.13. The van der Waals surface area contributed by atoms with Gasteiger partial charge < -0.3 is 10.5 Å². The lowest BCUT2D eigenvalue weighted by atomic mass is 10.0. The van der Waals surface area contributed by atoms with Gasteiger partial charge in [0.05, 0.1) is 0 Å². The second-order valence-corrected chi connectivity index (χ2v) is 5.24. The van der Waals surface area contributed by atoms with Gasteiger partial charge in [-0.3, -0.25) is 4.98 Å². The fourth-order valence-corrected chi connectivity index (χ4v) is 2.28. The van der Waals surface area contributed by atoms with Crippen LogP contribution in [0.25, 0.3) is 0 Å². The van der Waals surface area contributed by atoms with Crippen LogP contribution in [0.2, 0.25) is 5.02 Å². The molecule has 0 fully saturated rings. The van der Waals surface area contributed by atoms with Gasteiger partial charge in [0, 0.05) is 23.5 Å². The zero-order chi connectivity index (χ0) is 14.5. The molecule has 2 atom stereocenters. The molecule has 0 aliphatic rings. The number of hydrogen-bond donors (Lipinski definition) is 1. The Morgan fingerprint density at radius 2 is 1.95 bits per heavy atom. The molecular weight excluding hydrogens is 272 g/mol. The minimum Gasteiger partial charge on any atom is -0.484 e. The maximum Gasteiger partial charge on any atom is 0.139 e. The number of aryl methyl sites for hydroxylation is 1. The molecule has 0 aliphatic heterocycles. The van der Waals surface area contributed by atoms with E-state index in [4.69, 9.17) is 22.1 Å². The molecule has 0 aliphatic carbocycles. The van der Waals surface area contributed by atoms with Gasteiger partial charge in [0.15, 0.2) is 0 Å². The molecule has 2 rings (SSSR count). The molecule has 2 aromatic rings. The van der Waals surface area contributed by atoms with Crippen LogP contribution < -0.4 is 10.5 Å². The van der Waals surface area contributed by atoms with Gasteiger partial charge >= 0.3 is 0 Å². The van der Waals surface area contributed by atoms with E-state index in [1.54, 1.807) is 12.4 Å². The fourth-order valence-electron chi connectivity index (χ4n) is 2.05. The molecule has 106 valence electrons. The highest BCUT2D eigenvalue weighted by Crippen LogP contribution is 2.29. The SMILES string of the molecule is CCC(N)C(Oc1ccc(Cl)cc1C)c1ccncc1. The number of pyridine rings is 1. The summed E-state index contributed by atoms with van der Waals surface area (Å²) in [6.07, 6.45) is 4.15. The van der Waals surface area contributed by atoms with Crippen molar-refractivity contribution in [3.8, 4) is 5.75 Å². The summed E-state index contributed by atoms with van der Waals surface area (Å²) in [5.74, 6) is 0.806. The summed E-state index contributed by atoms with van der Waals surface area (Å²) in [6, 6.07) is 9.39. The molecule has 0 saturated heterocycles. The summed E-state index contributed by atoms with van der Waals surface area (Å²) in [6.45, 7) is 4.03. The van der Waals surface area contributed by atoms with Gasteiger partial charge in [-0.15, -0.1) is 0 Å². The summed E-state index contributed by atoms with van der Waals surface area (Å²) in [5, 5.41) is 0.704. The number of nitrogens with zero attached hydrogens (tertiary/aromatic N) is 1. The van der Waals surface area contributed by atoms with Gasteiger partial charge in [0.25, 0.3) is 0 Å². The van der Waals surface area contributed by atoms with Gasteiger partial charge in [0.1, 0.15) is 11.9 Å². The van der Waals surface area contributed by atoms with Crippen LogP contribution in [0.1, 0.15) is 30.6 Å². The maximum atomic E-state index is 6.21. The summed E-state index contributed by atoms with van der Waals surface area (Å²) in [7, 11) is 0. The molecule has 0 spiro atoms. The first-order valence-electron chi connectivity index (χ1n) is 6.70. The van der Waals surface area contributed by atoms with Crippen molar-refractivity contribution in [1.82, 2.24) is 4.98 Å². The third-order valence-corrected chi connectivity index (χ3v) is 3.52. The molecule has 0 bridgehead atoms. The highest BCUT2D eigenvalue weighted by molar-refractivity contribution is 6.30. The highest BCUT2D eigenvalue weighted by Gasteiger charge is 2.21. The molecule has 0 radical (unpaired) electrons. The highest BCUT2D eigenvalue weighted by atomic mass is 35.5. The molecule has 1 aromatic carbocycles. The number of halogens is 1. The smallest absolute Gasteiger partial charge is 0.139 e. The van der Waals surface area contributed by atoms with Crippen LogP contribution in [0.15, 0.2) is 42.7 Å². The van der Waals surface area contributed by atoms with Crippen molar-refractivity contribution >= 4 is 11.6 Å². The van der Waals surface area contributed by atoms with E-state index in [1.165, 1.54) is 0 Å². The van der Waals surface area contributed by atoms with Gasteiger partial charge in [-0.1, -0.05) is 18.5 Å². The van der Waals surface area contributed by atoms with E-state index in [2.05, 4.69) is 11.9 Å². The Bertz CT molecular complexity index is 560. The number of aromatic nitrogens is 1. The second kappa shape index (κ2) is 6.73. The Morgan fingerprint density at radius 1 is 1.25 bits per heavy atom. The third kappa shape index (κ3) is 3.50. The monoisotopic (exact) mass is 290 g/mol.